The number of amides is 3. The molecule has 0 unspecified atom stereocenters. The summed E-state index contributed by atoms with van der Waals surface area (Å²) in [7, 11) is 1.63. The first kappa shape index (κ1) is 79.6. The molecule has 25 nitrogen and oxygen atoms in total. The molecular weight excluding hydrogens is 1510 g/mol. The van der Waals surface area contributed by atoms with Gasteiger partial charge in [0.2, 0.25) is 23.8 Å². The fraction of sp³-hybridized carbons (Fsp3) is 0.131. The lowest BCUT2D eigenvalue weighted by Crippen LogP contribution is -2.21. The first-order valence-corrected chi connectivity index (χ1v) is 36.3. The Labute approximate surface area is 665 Å². The first-order valence-electron chi connectivity index (χ1n) is 35.9. The number of nitrogens with one attached hydrogen (secondary N) is 7. The fourth-order valence-electron chi connectivity index (χ4n) is 11.7. The van der Waals surface area contributed by atoms with Crippen LogP contribution < -0.4 is 42.1 Å². The van der Waals surface area contributed by atoms with Crippen LogP contribution in [0.15, 0.2) is 244 Å². The summed E-state index contributed by atoms with van der Waals surface area (Å²) in [6, 6.07) is 48.5. The molecule has 0 radical (unpaired) electrons. The summed E-state index contributed by atoms with van der Waals surface area (Å²) in [5.41, 5.74) is 8.28. The number of halogens is 7. The predicted molar refractivity (Wildman–Crippen MR) is 431 cm³/mol. The summed E-state index contributed by atoms with van der Waals surface area (Å²) in [5, 5.41) is 21.0. The van der Waals surface area contributed by atoms with Gasteiger partial charge in [0, 0.05) is 165 Å². The van der Waals surface area contributed by atoms with E-state index in [4.69, 9.17) is 11.6 Å². The van der Waals surface area contributed by atoms with Crippen molar-refractivity contribution in [3.8, 4) is 56.9 Å². The average molecular weight is 1580 g/mol. The molecule has 1 aliphatic heterocycles. The molecule has 582 valence electrons. The highest BCUT2D eigenvalue weighted by molar-refractivity contribution is 6.31. The van der Waals surface area contributed by atoms with Crippen molar-refractivity contribution in [1.82, 2.24) is 75.1 Å². The van der Waals surface area contributed by atoms with E-state index in [1.807, 2.05) is 69.3 Å². The van der Waals surface area contributed by atoms with Crippen LogP contribution in [0.4, 0.5) is 84.3 Å². The van der Waals surface area contributed by atoms with Crippen molar-refractivity contribution in [2.45, 2.75) is 52.5 Å². The van der Waals surface area contributed by atoms with E-state index in [0.717, 1.165) is 83.6 Å². The molecule has 6 aromatic carbocycles. The van der Waals surface area contributed by atoms with E-state index in [1.165, 1.54) is 18.2 Å². The van der Waals surface area contributed by atoms with Gasteiger partial charge in [-0.1, -0.05) is 41.9 Å². The van der Waals surface area contributed by atoms with E-state index in [-0.39, 0.29) is 40.9 Å². The molecule has 32 heteroatoms. The number of carbonyl (C=O) groups excluding carboxylic acids is 3. The normalized spacial score (nSPS) is 11.8. The number of alkyl halides is 6. The van der Waals surface area contributed by atoms with Crippen LogP contribution in [0.2, 0.25) is 5.02 Å². The molecule has 14 aromatic rings. The minimum absolute atomic E-state index is 0.0369. The van der Waals surface area contributed by atoms with Crippen molar-refractivity contribution in [3.63, 3.8) is 0 Å². The Bertz CT molecular complexity index is 5710. The standard InChI is InChI=1S/C30H25F3N8O.C27H20ClN7O.C27H24F3N7O/c1-18-7-8-20(28(42)37-24-12-19(15-34-2)11-23(14-24)30(31,32)33)13-25(18)38-29-40-26(21-5-3-9-35-16-21)39-27(41-29)22-6-4-10-36-17-22;1-17-9-10-18(26(36)31-22-8-2-7-21(28)14-22)13-23(17)32-27-34-24(19-5-3-11-29-15-19)33-25(35-27)20-6-4-12-30-16-20;1-17-9-10-18(24(38)32-21-8-4-7-20(15-21)27(28,29)30)14-22(17)33-25-34-23(19-6-5-11-31-16-19)35-26(36-25)37-12-2-3-13-37/h3-14,16-17,34H,15H2,1-2H3,(H,37,42)(H,38,39,40,41);2-16H,1H3,(H,31,36)(H,32,33,34,35);4-11,14-16H,2-3,12-13H2,1H3,(H,32,38)(H,33,34,35,36). The van der Waals surface area contributed by atoms with Crippen molar-refractivity contribution < 1.29 is 40.7 Å². The molecule has 0 aliphatic carbocycles. The number of pyridine rings is 5. The number of aryl methyl sites for hydroxylation is 3. The number of hydrogen-bond acceptors (Lipinski definition) is 22. The van der Waals surface area contributed by atoms with E-state index in [0.29, 0.717) is 97.0 Å². The van der Waals surface area contributed by atoms with Crippen LogP contribution >= 0.6 is 11.6 Å². The summed E-state index contributed by atoms with van der Waals surface area (Å²) in [6.45, 7) is 7.54. The van der Waals surface area contributed by atoms with Gasteiger partial charge in [0.05, 0.1) is 11.1 Å². The number of carbonyl (C=O) groups is 3. The first-order chi connectivity index (χ1) is 56.0. The van der Waals surface area contributed by atoms with Gasteiger partial charge in [-0.05, 0) is 215 Å². The van der Waals surface area contributed by atoms with Crippen LogP contribution in [0.1, 0.15) is 77.3 Å². The Hall–Kier alpha value is -14.5. The maximum absolute atomic E-state index is 13.5. The topological polar surface area (TPSA) is 319 Å². The van der Waals surface area contributed by atoms with Crippen LogP contribution in [0.3, 0.4) is 0 Å². The van der Waals surface area contributed by atoms with Gasteiger partial charge in [-0.15, -0.1) is 0 Å². The SMILES string of the molecule is CNCc1cc(NC(=O)c2ccc(C)c(Nc3nc(-c4cccnc4)nc(-c4cccnc4)n3)c2)cc(C(F)(F)F)c1.Cc1ccc(C(=O)Nc2cccc(C(F)(F)F)c2)cc1Nc1nc(-c2cccnc2)nc(N2CCCC2)n1.Cc1ccc(C(=O)Nc2cccc(Cl)c2)cc1Nc1nc(-c2cccnc2)nc(-c2cccnc2)n1. The summed E-state index contributed by atoms with van der Waals surface area (Å²) in [4.78, 5) is 103. The molecule has 1 fully saturated rings. The lowest BCUT2D eigenvalue weighted by molar-refractivity contribution is -0.138. The third-order valence-corrected chi connectivity index (χ3v) is 17.8. The zero-order valence-electron chi connectivity index (χ0n) is 62.2. The Kier molecular flexibility index (Phi) is 25.0. The molecule has 8 aromatic heterocycles. The zero-order valence-corrected chi connectivity index (χ0v) is 63.0. The molecule has 15 rings (SSSR count). The fourth-order valence-corrected chi connectivity index (χ4v) is 11.9. The Morgan fingerprint density at radius 2 is 0.750 bits per heavy atom. The Morgan fingerprint density at radius 3 is 1.12 bits per heavy atom. The quantitative estimate of drug-likeness (QED) is 0.0349. The van der Waals surface area contributed by atoms with Crippen molar-refractivity contribution in [2.75, 3.05) is 56.9 Å². The van der Waals surface area contributed by atoms with Gasteiger partial charge in [-0.3, -0.25) is 39.3 Å². The molecule has 3 amide bonds. The number of hydrogen-bond donors (Lipinski definition) is 7. The highest BCUT2D eigenvalue weighted by Crippen LogP contribution is 2.36. The number of benzene rings is 6. The van der Waals surface area contributed by atoms with E-state index in [9.17, 15) is 40.7 Å². The molecule has 1 aliphatic rings. The molecule has 116 heavy (non-hydrogen) atoms. The minimum Gasteiger partial charge on any atom is -0.341 e. The number of nitrogens with zero attached hydrogens (tertiary/aromatic N) is 15. The van der Waals surface area contributed by atoms with Gasteiger partial charge in [-0.2, -0.15) is 61.2 Å². The lowest BCUT2D eigenvalue weighted by atomic mass is 10.1. The van der Waals surface area contributed by atoms with Crippen LogP contribution in [0.5, 0.6) is 0 Å². The van der Waals surface area contributed by atoms with E-state index >= 15 is 0 Å². The maximum Gasteiger partial charge on any atom is 0.416 e. The average Bonchev–Trinajstić information content (AvgIpc) is 1.09. The predicted octanol–water partition coefficient (Wildman–Crippen LogP) is 17.8. The zero-order chi connectivity index (χ0) is 81.3. The van der Waals surface area contributed by atoms with Crippen molar-refractivity contribution >= 4 is 87.2 Å². The largest absolute Gasteiger partial charge is 0.416 e. The monoisotopic (exact) mass is 1580 g/mol. The van der Waals surface area contributed by atoms with Crippen LogP contribution in [-0.2, 0) is 18.9 Å². The summed E-state index contributed by atoms with van der Waals surface area (Å²) in [5.74, 6) is 2.19. The van der Waals surface area contributed by atoms with Gasteiger partial charge in [0.1, 0.15) is 0 Å². The number of aromatic nitrogens is 14. The van der Waals surface area contributed by atoms with Crippen molar-refractivity contribution in [1.29, 1.82) is 0 Å². The van der Waals surface area contributed by atoms with Gasteiger partial charge < -0.3 is 42.1 Å². The van der Waals surface area contributed by atoms with Crippen molar-refractivity contribution in [2.24, 2.45) is 0 Å². The number of anilines is 10. The maximum atomic E-state index is 13.5. The summed E-state index contributed by atoms with van der Waals surface area (Å²) in [6.07, 6.45) is 9.72. The lowest BCUT2D eigenvalue weighted by Gasteiger charge is -2.17. The molecule has 0 spiro atoms. The molecule has 1 saturated heterocycles. The third kappa shape index (κ3) is 21.0. The second kappa shape index (κ2) is 36.4. The highest BCUT2D eigenvalue weighted by atomic mass is 35.5. The molecule has 0 saturated carbocycles. The van der Waals surface area contributed by atoms with Crippen LogP contribution in [-0.4, -0.2) is 108 Å². The van der Waals surface area contributed by atoms with Gasteiger partial charge in [-0.25, -0.2) is 9.97 Å². The third-order valence-electron chi connectivity index (χ3n) is 17.6. The number of rotatable bonds is 20. The van der Waals surface area contributed by atoms with Gasteiger partial charge in [0.15, 0.2) is 29.1 Å². The Balaban J connectivity index is 0.000000152. The second-order valence-corrected chi connectivity index (χ2v) is 26.6. The van der Waals surface area contributed by atoms with Gasteiger partial charge >= 0.3 is 12.4 Å². The highest BCUT2D eigenvalue weighted by Gasteiger charge is 2.33. The summed E-state index contributed by atoms with van der Waals surface area (Å²) >= 11 is 6.04. The molecule has 9 heterocycles. The summed E-state index contributed by atoms with van der Waals surface area (Å²) < 4.78 is 79.5. The van der Waals surface area contributed by atoms with E-state index in [1.54, 1.807) is 160 Å². The van der Waals surface area contributed by atoms with E-state index < -0.39 is 35.3 Å². The van der Waals surface area contributed by atoms with Crippen LogP contribution in [0.25, 0.3) is 56.9 Å². The minimum atomic E-state index is -4.56. The van der Waals surface area contributed by atoms with Crippen molar-refractivity contribution in [3.05, 3.63) is 299 Å². The van der Waals surface area contributed by atoms with E-state index in [2.05, 4.69) is 112 Å². The molecule has 0 atom stereocenters. The molecule has 7 N–H and O–H groups in total. The smallest absolute Gasteiger partial charge is 0.341 e. The Morgan fingerprint density at radius 1 is 0.388 bits per heavy atom. The van der Waals surface area contributed by atoms with Gasteiger partial charge in [0.25, 0.3) is 17.7 Å². The van der Waals surface area contributed by atoms with Crippen LogP contribution in [0, 0.1) is 20.8 Å². The molecular formula is C84H69ClF6N22O3. The molecule has 0 bridgehead atoms. The second-order valence-electron chi connectivity index (χ2n) is 26.2.